The van der Waals surface area contributed by atoms with Gasteiger partial charge in [0.2, 0.25) is 10.0 Å². The van der Waals surface area contributed by atoms with Crippen LogP contribution in [0.15, 0.2) is 78.9 Å². The molecule has 3 aromatic rings. The highest BCUT2D eigenvalue weighted by Gasteiger charge is 2.42. The number of hydrogen-bond acceptors (Lipinski definition) is 5. The fraction of sp³-hybridized carbons (Fsp3) is 0.406. The van der Waals surface area contributed by atoms with Crippen molar-refractivity contribution in [1.29, 1.82) is 0 Å². The van der Waals surface area contributed by atoms with E-state index in [1.54, 1.807) is 6.07 Å². The average Bonchev–Trinajstić information content (AvgIpc) is 3.42. The minimum absolute atomic E-state index is 0.0322. The lowest BCUT2D eigenvalue weighted by molar-refractivity contribution is -0.141. The molecule has 0 aromatic heterocycles. The van der Waals surface area contributed by atoms with Crippen LogP contribution in [-0.2, 0) is 32.3 Å². The number of halogens is 4. The molecular weight excluding hydrogens is 617 g/mol. The number of rotatable bonds is 13. The van der Waals surface area contributed by atoms with E-state index in [-0.39, 0.29) is 43.1 Å². The number of sulfonamides is 1. The summed E-state index contributed by atoms with van der Waals surface area (Å²) in [7, 11) is -3.73. The number of alkyl halides is 3. The van der Waals surface area contributed by atoms with Crippen molar-refractivity contribution < 1.29 is 36.2 Å². The van der Waals surface area contributed by atoms with Gasteiger partial charge >= 0.3 is 12.1 Å². The van der Waals surface area contributed by atoms with E-state index in [4.69, 9.17) is 16.3 Å². The van der Waals surface area contributed by atoms with E-state index >= 15 is 0 Å². The number of hydrogen-bond donors (Lipinski definition) is 1. The molecule has 0 amide bonds. The molecule has 0 bridgehead atoms. The second-order valence-electron chi connectivity index (χ2n) is 11.1. The van der Waals surface area contributed by atoms with Crippen molar-refractivity contribution >= 4 is 27.6 Å². The van der Waals surface area contributed by atoms with Crippen LogP contribution in [-0.4, -0.2) is 72.8 Å². The van der Waals surface area contributed by atoms with E-state index in [2.05, 4.69) is 4.90 Å². The Hall–Kier alpha value is -2.96. The number of nitrogens with zero attached hydrogens (tertiary/aromatic N) is 2. The van der Waals surface area contributed by atoms with Crippen LogP contribution in [0.5, 0.6) is 0 Å². The van der Waals surface area contributed by atoms with Gasteiger partial charge in [0.1, 0.15) is 6.04 Å². The number of carbonyl (C=O) groups is 1. The Kier molecular flexibility index (Phi) is 11.1. The van der Waals surface area contributed by atoms with Crippen LogP contribution in [0.25, 0.3) is 0 Å². The molecule has 1 fully saturated rings. The lowest BCUT2D eigenvalue weighted by Gasteiger charge is -2.34. The Morgan fingerprint density at radius 1 is 1.05 bits per heavy atom. The molecule has 1 saturated heterocycles. The van der Waals surface area contributed by atoms with Crippen molar-refractivity contribution in [3.05, 3.63) is 106 Å². The summed E-state index contributed by atoms with van der Waals surface area (Å²) >= 11 is 6.32. The van der Waals surface area contributed by atoms with Gasteiger partial charge in [-0.1, -0.05) is 84.4 Å². The van der Waals surface area contributed by atoms with E-state index in [1.807, 2.05) is 67.6 Å². The Balaban J connectivity index is 1.57. The van der Waals surface area contributed by atoms with Crippen LogP contribution in [0.1, 0.15) is 47.9 Å². The monoisotopic (exact) mass is 652 g/mol. The average molecular weight is 653 g/mol. The first-order chi connectivity index (χ1) is 20.8. The maximum absolute atomic E-state index is 13.7. The van der Waals surface area contributed by atoms with Gasteiger partial charge in [0.15, 0.2) is 0 Å². The molecule has 3 atom stereocenters. The molecule has 1 aliphatic heterocycles. The predicted octanol–water partition coefficient (Wildman–Crippen LogP) is 6.28. The molecule has 0 spiro atoms. The first-order valence-corrected chi connectivity index (χ1v) is 16.5. The Bertz CT molecular complexity index is 1470. The Morgan fingerprint density at radius 3 is 2.14 bits per heavy atom. The van der Waals surface area contributed by atoms with Crippen molar-refractivity contribution in [3.8, 4) is 0 Å². The van der Waals surface area contributed by atoms with Crippen LogP contribution < -0.4 is 0 Å². The number of carboxylic acid groups (broad SMARTS) is 1. The molecule has 1 heterocycles. The highest BCUT2D eigenvalue weighted by molar-refractivity contribution is 7.88. The lowest BCUT2D eigenvalue weighted by Crippen LogP contribution is -2.39. The van der Waals surface area contributed by atoms with Crippen molar-refractivity contribution in [2.75, 3.05) is 26.0 Å². The summed E-state index contributed by atoms with van der Waals surface area (Å²) < 4.78 is 72.2. The number of aliphatic carboxylic acids is 1. The van der Waals surface area contributed by atoms with Gasteiger partial charge in [-0.2, -0.15) is 17.5 Å². The second-order valence-corrected chi connectivity index (χ2v) is 13.4. The highest BCUT2D eigenvalue weighted by Crippen LogP contribution is 2.37. The standard InChI is InChI=1S/C32H36ClF3N2O5S/c1-22(16-17-43-26-18-29(31(39)40)38(20-26)44(2,41)42)37(19-25-14-9-15-28(30(25)33)32(34,35)36)21-27(23-10-5-3-6-11-23)24-12-7-4-8-13-24/h3-15,22,26-27,29H,16-21H2,1-2H3,(H,39,40)/t22-,26-,29+/m1/s1. The molecule has 3 aromatic carbocycles. The Morgan fingerprint density at radius 2 is 1.64 bits per heavy atom. The van der Waals surface area contributed by atoms with Gasteiger partial charge in [0.05, 0.1) is 22.9 Å². The van der Waals surface area contributed by atoms with Gasteiger partial charge in [0.25, 0.3) is 0 Å². The highest BCUT2D eigenvalue weighted by atomic mass is 35.5. The van der Waals surface area contributed by atoms with Gasteiger partial charge in [-0.25, -0.2) is 8.42 Å². The minimum atomic E-state index is -4.59. The summed E-state index contributed by atoms with van der Waals surface area (Å²) in [5.74, 6) is -1.33. The molecule has 238 valence electrons. The van der Waals surface area contributed by atoms with Crippen LogP contribution in [0.4, 0.5) is 13.2 Å². The van der Waals surface area contributed by atoms with Crippen LogP contribution >= 0.6 is 11.6 Å². The van der Waals surface area contributed by atoms with Crippen molar-refractivity contribution in [2.45, 2.75) is 56.6 Å². The lowest BCUT2D eigenvalue weighted by atomic mass is 9.90. The third kappa shape index (κ3) is 8.60. The molecular formula is C32H36ClF3N2O5S. The first kappa shape index (κ1) is 33.9. The Labute approximate surface area is 261 Å². The smallest absolute Gasteiger partial charge is 0.417 e. The molecule has 0 saturated carbocycles. The topological polar surface area (TPSA) is 87.1 Å². The number of carboxylic acids is 1. The number of ether oxygens (including phenoxy) is 1. The molecule has 0 radical (unpaired) electrons. The van der Waals surface area contributed by atoms with Crippen molar-refractivity contribution in [2.24, 2.45) is 0 Å². The summed E-state index contributed by atoms with van der Waals surface area (Å²) in [5.41, 5.74) is 1.56. The third-order valence-corrected chi connectivity index (χ3v) is 9.72. The van der Waals surface area contributed by atoms with Gasteiger partial charge < -0.3 is 9.84 Å². The summed E-state index contributed by atoms with van der Waals surface area (Å²) in [6, 6.07) is 22.3. The van der Waals surface area contributed by atoms with E-state index in [0.29, 0.717) is 18.5 Å². The molecule has 4 rings (SSSR count). The fourth-order valence-corrected chi connectivity index (χ4v) is 6.99. The quantitative estimate of drug-likeness (QED) is 0.234. The molecule has 0 aliphatic carbocycles. The normalized spacial score (nSPS) is 18.6. The SMILES string of the molecule is C[C@H](CCO[C@@H]1C[C@@H](C(=O)O)N(S(C)(=O)=O)C1)N(Cc1cccc(C(F)(F)F)c1Cl)CC(c1ccccc1)c1ccccc1. The molecule has 12 heteroatoms. The van der Waals surface area contributed by atoms with E-state index in [9.17, 15) is 31.5 Å². The van der Waals surface area contributed by atoms with Gasteiger partial charge in [-0.15, -0.1) is 0 Å². The van der Waals surface area contributed by atoms with Gasteiger partial charge in [0, 0.05) is 44.6 Å². The van der Waals surface area contributed by atoms with E-state index < -0.39 is 39.9 Å². The summed E-state index contributed by atoms with van der Waals surface area (Å²) in [5, 5.41) is 9.17. The molecule has 0 unspecified atom stereocenters. The molecule has 44 heavy (non-hydrogen) atoms. The zero-order valence-corrected chi connectivity index (χ0v) is 26.0. The summed E-state index contributed by atoms with van der Waals surface area (Å²) in [6.07, 6.45) is -3.72. The molecule has 7 nitrogen and oxygen atoms in total. The third-order valence-electron chi connectivity index (χ3n) is 8.02. The first-order valence-electron chi connectivity index (χ1n) is 14.3. The molecule has 1 N–H and O–H groups in total. The number of benzene rings is 3. The van der Waals surface area contributed by atoms with Crippen LogP contribution in [0.3, 0.4) is 0 Å². The maximum atomic E-state index is 13.7. The molecule has 1 aliphatic rings. The largest absolute Gasteiger partial charge is 0.480 e. The zero-order valence-electron chi connectivity index (χ0n) is 24.5. The second kappa shape index (κ2) is 14.4. The summed E-state index contributed by atoms with van der Waals surface area (Å²) in [4.78, 5) is 13.7. The van der Waals surface area contributed by atoms with Crippen molar-refractivity contribution in [1.82, 2.24) is 9.21 Å². The zero-order chi connectivity index (χ0) is 32.1. The van der Waals surface area contributed by atoms with Crippen LogP contribution in [0.2, 0.25) is 5.02 Å². The van der Waals surface area contributed by atoms with Crippen LogP contribution in [0, 0.1) is 0 Å². The van der Waals surface area contributed by atoms with E-state index in [1.165, 1.54) is 6.07 Å². The van der Waals surface area contributed by atoms with Gasteiger partial charge in [-0.3, -0.25) is 9.69 Å². The van der Waals surface area contributed by atoms with E-state index in [0.717, 1.165) is 27.8 Å². The maximum Gasteiger partial charge on any atom is 0.417 e. The minimum Gasteiger partial charge on any atom is -0.480 e. The summed E-state index contributed by atoms with van der Waals surface area (Å²) in [6.45, 7) is 2.71. The van der Waals surface area contributed by atoms with Gasteiger partial charge in [-0.05, 0) is 36.1 Å². The fourth-order valence-electron chi connectivity index (χ4n) is 5.62. The van der Waals surface area contributed by atoms with Crippen molar-refractivity contribution in [3.63, 3.8) is 0 Å². The predicted molar refractivity (Wildman–Crippen MR) is 163 cm³/mol.